The van der Waals surface area contributed by atoms with Gasteiger partial charge in [0.05, 0.1) is 17.2 Å². The van der Waals surface area contributed by atoms with E-state index in [1.165, 1.54) is 4.31 Å². The topological polar surface area (TPSA) is 113 Å². The van der Waals surface area contributed by atoms with Gasteiger partial charge in [0.1, 0.15) is 0 Å². The first-order valence-corrected chi connectivity index (χ1v) is 14.3. The molecule has 3 rings (SSSR count). The van der Waals surface area contributed by atoms with Gasteiger partial charge in [0.15, 0.2) is 0 Å². The van der Waals surface area contributed by atoms with Crippen LogP contribution in [-0.4, -0.2) is 45.9 Å². The maximum atomic E-state index is 12.8. The van der Waals surface area contributed by atoms with Gasteiger partial charge in [0.25, 0.3) is 0 Å². The number of amides is 1. The number of anilines is 2. The first kappa shape index (κ1) is 25.2. The van der Waals surface area contributed by atoms with Crippen LogP contribution in [-0.2, 0) is 30.6 Å². The summed E-state index contributed by atoms with van der Waals surface area (Å²) in [6.07, 6.45) is 1.37. The lowest BCUT2D eigenvalue weighted by molar-refractivity contribution is -0.120. The molecule has 0 radical (unpaired) electrons. The van der Waals surface area contributed by atoms with Crippen LogP contribution in [0.2, 0.25) is 0 Å². The van der Waals surface area contributed by atoms with Crippen LogP contribution in [0.3, 0.4) is 0 Å². The van der Waals surface area contributed by atoms with E-state index < -0.39 is 20.0 Å². The number of nitrogens with one attached hydrogen (secondary N) is 2. The molecule has 1 aliphatic heterocycles. The summed E-state index contributed by atoms with van der Waals surface area (Å²) in [7, 11) is -6.88. The second-order valence-electron chi connectivity index (χ2n) is 8.30. The number of sulfonamides is 2. The lowest BCUT2D eigenvalue weighted by atomic mass is 9.97. The van der Waals surface area contributed by atoms with Crippen molar-refractivity contribution in [2.45, 2.75) is 38.9 Å². The Morgan fingerprint density at radius 2 is 1.61 bits per heavy atom. The molecule has 33 heavy (non-hydrogen) atoms. The second kappa shape index (κ2) is 10.7. The maximum absolute atomic E-state index is 12.8. The summed E-state index contributed by atoms with van der Waals surface area (Å²) in [5.41, 5.74) is 2.34. The van der Waals surface area contributed by atoms with E-state index in [9.17, 15) is 21.6 Å². The fourth-order valence-electron chi connectivity index (χ4n) is 3.88. The van der Waals surface area contributed by atoms with Crippen LogP contribution < -0.4 is 10.0 Å². The monoisotopic (exact) mass is 493 g/mol. The molecule has 0 unspecified atom stereocenters. The Balaban J connectivity index is 1.60. The highest BCUT2D eigenvalue weighted by atomic mass is 32.2. The lowest BCUT2D eigenvalue weighted by Gasteiger charge is -2.30. The Labute approximate surface area is 196 Å². The molecule has 180 valence electrons. The van der Waals surface area contributed by atoms with Gasteiger partial charge in [0.2, 0.25) is 26.0 Å². The Kier molecular flexibility index (Phi) is 8.14. The van der Waals surface area contributed by atoms with Crippen molar-refractivity contribution in [1.29, 1.82) is 0 Å². The fraction of sp³-hybridized carbons (Fsp3) is 0.435. The predicted octanol–water partition coefficient (Wildman–Crippen LogP) is 3.33. The van der Waals surface area contributed by atoms with Gasteiger partial charge in [-0.25, -0.2) is 21.1 Å². The quantitative estimate of drug-likeness (QED) is 0.556. The number of hydrogen-bond acceptors (Lipinski definition) is 5. The average Bonchev–Trinajstić information content (AvgIpc) is 2.77. The number of benzene rings is 2. The summed E-state index contributed by atoms with van der Waals surface area (Å²) in [6.45, 7) is 4.13. The van der Waals surface area contributed by atoms with Crippen molar-refractivity contribution in [2.75, 3.05) is 28.9 Å². The summed E-state index contributed by atoms with van der Waals surface area (Å²) in [4.78, 5) is 12.8. The molecular formula is C23H31N3O5S2. The highest BCUT2D eigenvalue weighted by Crippen LogP contribution is 2.27. The van der Waals surface area contributed by atoms with Gasteiger partial charge < -0.3 is 5.32 Å². The summed E-state index contributed by atoms with van der Waals surface area (Å²) in [5, 5.41) is 2.89. The fourth-order valence-corrected chi connectivity index (χ4v) is 6.64. The molecule has 0 aromatic heterocycles. The van der Waals surface area contributed by atoms with Gasteiger partial charge >= 0.3 is 0 Å². The Hall–Kier alpha value is -2.43. The third kappa shape index (κ3) is 6.78. The third-order valence-electron chi connectivity index (χ3n) is 5.74. The van der Waals surface area contributed by atoms with E-state index in [1.807, 2.05) is 18.2 Å². The molecule has 0 bridgehead atoms. The van der Waals surface area contributed by atoms with Gasteiger partial charge in [0, 0.05) is 24.7 Å². The highest BCUT2D eigenvalue weighted by molar-refractivity contribution is 7.92. The molecule has 1 saturated heterocycles. The van der Waals surface area contributed by atoms with Crippen LogP contribution in [0.25, 0.3) is 0 Å². The molecule has 1 heterocycles. The molecule has 0 spiro atoms. The van der Waals surface area contributed by atoms with Crippen LogP contribution >= 0.6 is 0 Å². The molecule has 2 N–H and O–H groups in total. The third-order valence-corrected chi connectivity index (χ3v) is 9.07. The number of piperidine rings is 1. The van der Waals surface area contributed by atoms with Gasteiger partial charge in [-0.3, -0.25) is 9.52 Å². The van der Waals surface area contributed by atoms with E-state index in [-0.39, 0.29) is 23.3 Å². The summed E-state index contributed by atoms with van der Waals surface area (Å²) in [5.74, 6) is -0.529. The van der Waals surface area contributed by atoms with Crippen molar-refractivity contribution >= 4 is 37.3 Å². The average molecular weight is 494 g/mol. The smallest absolute Gasteiger partial charge is 0.232 e. The minimum Gasteiger partial charge on any atom is -0.326 e. The van der Waals surface area contributed by atoms with E-state index >= 15 is 0 Å². The molecule has 8 nitrogen and oxygen atoms in total. The molecule has 10 heteroatoms. The van der Waals surface area contributed by atoms with E-state index in [0.717, 1.165) is 5.56 Å². The molecule has 1 fully saturated rings. The standard InChI is InChI=1S/C23H31N3O5S2/c1-3-16-32(28,29)25-22-11-7-10-21(18(22)2)24-23(27)20-12-14-26(15-13-20)33(30,31)17-19-8-5-4-6-9-19/h4-11,20,25H,3,12-17H2,1-2H3,(H,24,27). The van der Waals surface area contributed by atoms with E-state index in [0.29, 0.717) is 49.3 Å². The van der Waals surface area contributed by atoms with Crippen LogP contribution in [0.1, 0.15) is 37.3 Å². The van der Waals surface area contributed by atoms with Crippen molar-refractivity contribution in [3.05, 3.63) is 59.7 Å². The number of nitrogens with zero attached hydrogens (tertiary/aromatic N) is 1. The molecule has 1 aliphatic rings. The van der Waals surface area contributed by atoms with Gasteiger partial charge in [-0.1, -0.05) is 43.3 Å². The number of carbonyl (C=O) groups excluding carboxylic acids is 1. The SMILES string of the molecule is CCCS(=O)(=O)Nc1cccc(NC(=O)C2CCN(S(=O)(=O)Cc3ccccc3)CC2)c1C. The maximum Gasteiger partial charge on any atom is 0.232 e. The molecule has 0 saturated carbocycles. The van der Waals surface area contributed by atoms with Crippen molar-refractivity contribution in [1.82, 2.24) is 4.31 Å². The molecule has 0 atom stereocenters. The summed E-state index contributed by atoms with van der Waals surface area (Å²) in [6, 6.07) is 14.1. The highest BCUT2D eigenvalue weighted by Gasteiger charge is 2.31. The molecule has 2 aromatic carbocycles. The molecule has 2 aromatic rings. The minimum absolute atomic E-state index is 0.0226. The largest absolute Gasteiger partial charge is 0.326 e. The van der Waals surface area contributed by atoms with Crippen LogP contribution in [0, 0.1) is 12.8 Å². The Morgan fingerprint density at radius 1 is 0.970 bits per heavy atom. The lowest BCUT2D eigenvalue weighted by Crippen LogP contribution is -2.41. The van der Waals surface area contributed by atoms with E-state index in [4.69, 9.17) is 0 Å². The van der Waals surface area contributed by atoms with Crippen molar-refractivity contribution < 1.29 is 21.6 Å². The predicted molar refractivity (Wildman–Crippen MR) is 131 cm³/mol. The first-order chi connectivity index (χ1) is 15.6. The second-order valence-corrected chi connectivity index (χ2v) is 12.1. The van der Waals surface area contributed by atoms with Crippen LogP contribution in [0.15, 0.2) is 48.5 Å². The Morgan fingerprint density at radius 3 is 2.24 bits per heavy atom. The van der Waals surface area contributed by atoms with Gasteiger partial charge in [-0.15, -0.1) is 0 Å². The number of rotatable bonds is 9. The summed E-state index contributed by atoms with van der Waals surface area (Å²) >= 11 is 0. The minimum atomic E-state index is -3.44. The molecular weight excluding hydrogens is 462 g/mol. The molecule has 1 amide bonds. The van der Waals surface area contributed by atoms with Crippen molar-refractivity contribution in [3.8, 4) is 0 Å². The first-order valence-electron chi connectivity index (χ1n) is 11.0. The van der Waals surface area contributed by atoms with Crippen LogP contribution in [0.5, 0.6) is 0 Å². The van der Waals surface area contributed by atoms with Gasteiger partial charge in [-0.2, -0.15) is 0 Å². The van der Waals surface area contributed by atoms with E-state index in [1.54, 1.807) is 44.2 Å². The summed E-state index contributed by atoms with van der Waals surface area (Å²) < 4.78 is 53.7. The normalized spacial score (nSPS) is 15.8. The zero-order chi connectivity index (χ0) is 24.1. The van der Waals surface area contributed by atoms with Crippen molar-refractivity contribution in [3.63, 3.8) is 0 Å². The van der Waals surface area contributed by atoms with Crippen LogP contribution in [0.4, 0.5) is 11.4 Å². The Bertz CT molecular complexity index is 1170. The zero-order valence-corrected chi connectivity index (χ0v) is 20.6. The van der Waals surface area contributed by atoms with E-state index in [2.05, 4.69) is 10.0 Å². The van der Waals surface area contributed by atoms with Crippen molar-refractivity contribution in [2.24, 2.45) is 5.92 Å². The number of carbonyl (C=O) groups is 1. The van der Waals surface area contributed by atoms with Gasteiger partial charge in [-0.05, 0) is 49.4 Å². The molecule has 0 aliphatic carbocycles. The zero-order valence-electron chi connectivity index (χ0n) is 19.0. The number of hydrogen-bond donors (Lipinski definition) is 2.